The number of benzene rings is 3. The Morgan fingerprint density at radius 3 is 2.14 bits per heavy atom. The number of carbonyl (C=O) groups is 1. The first-order valence-electron chi connectivity index (χ1n) is 10.5. The van der Waals surface area contributed by atoms with Gasteiger partial charge in [-0.1, -0.05) is 48.5 Å². The molecule has 0 bridgehead atoms. The third kappa shape index (κ3) is 5.68. The van der Waals surface area contributed by atoms with Gasteiger partial charge in [-0.15, -0.1) is 0 Å². The van der Waals surface area contributed by atoms with Crippen LogP contribution < -0.4 is 10.1 Å². The van der Waals surface area contributed by atoms with Gasteiger partial charge in [0, 0.05) is 6.54 Å². The molecule has 3 aromatic carbocycles. The lowest BCUT2D eigenvalue weighted by Gasteiger charge is -2.14. The molecule has 0 unspecified atom stereocenters. The van der Waals surface area contributed by atoms with Crippen LogP contribution in [-0.2, 0) is 18.9 Å². The predicted molar refractivity (Wildman–Crippen MR) is 118 cm³/mol. The Hall–Kier alpha value is -4.28. The molecule has 1 aromatic heterocycles. The number of nitrogens with one attached hydrogen (secondary N) is 1. The minimum atomic E-state index is -5.02. The number of rotatable bonds is 5. The highest BCUT2D eigenvalue weighted by Crippen LogP contribution is 2.38. The molecule has 4 rings (SSSR count). The number of aromatic nitrogens is 2. The first kappa shape index (κ1) is 24.8. The molecule has 0 aliphatic heterocycles. The lowest BCUT2D eigenvalue weighted by Crippen LogP contribution is -2.27. The van der Waals surface area contributed by atoms with Crippen LogP contribution in [0.15, 0.2) is 85.1 Å². The van der Waals surface area contributed by atoms with Gasteiger partial charge < -0.3 is 10.1 Å². The van der Waals surface area contributed by atoms with Gasteiger partial charge in [-0.25, -0.2) is 9.48 Å². The summed E-state index contributed by atoms with van der Waals surface area (Å²) in [6.45, 7) is -0.0199. The molecule has 1 N–H and O–H groups in total. The highest BCUT2D eigenvalue weighted by molar-refractivity contribution is 5.71. The zero-order valence-corrected chi connectivity index (χ0v) is 18.3. The van der Waals surface area contributed by atoms with Crippen molar-refractivity contribution in [2.24, 2.45) is 0 Å². The van der Waals surface area contributed by atoms with Crippen LogP contribution in [0.1, 0.15) is 16.8 Å². The summed E-state index contributed by atoms with van der Waals surface area (Å²) in [5, 5.41) is 5.96. The van der Waals surface area contributed by atoms with E-state index in [-0.39, 0.29) is 12.2 Å². The van der Waals surface area contributed by atoms with Crippen molar-refractivity contribution in [1.29, 1.82) is 0 Å². The van der Waals surface area contributed by atoms with Crippen LogP contribution in [0.4, 0.5) is 31.1 Å². The van der Waals surface area contributed by atoms with Gasteiger partial charge >= 0.3 is 18.4 Å². The fraction of sp³-hybridized carbons (Fsp3) is 0.120. The van der Waals surface area contributed by atoms with Crippen molar-refractivity contribution in [3.8, 4) is 22.6 Å². The minimum Gasteiger partial charge on any atom is -0.406 e. The van der Waals surface area contributed by atoms with Gasteiger partial charge in [0.25, 0.3) is 0 Å². The summed E-state index contributed by atoms with van der Waals surface area (Å²) < 4.78 is 84.8. The maximum atomic E-state index is 13.8. The van der Waals surface area contributed by atoms with Crippen LogP contribution in [0.5, 0.6) is 5.75 Å². The Bertz CT molecular complexity index is 1350. The molecule has 4 aromatic rings. The Kier molecular flexibility index (Phi) is 6.73. The van der Waals surface area contributed by atoms with Gasteiger partial charge in [0.05, 0.1) is 17.4 Å². The zero-order valence-electron chi connectivity index (χ0n) is 18.3. The highest BCUT2D eigenvalue weighted by atomic mass is 19.4. The van der Waals surface area contributed by atoms with Gasteiger partial charge in [-0.3, -0.25) is 0 Å². The SMILES string of the molecule is O=C(NCc1cccc(-c2ccccc2)c1)Oc1cnn(-c2ccc(C(F)(F)F)cc2)c1C(F)(F)F. The predicted octanol–water partition coefficient (Wildman–Crippen LogP) is 6.87. The standard InChI is InChI=1S/C25H17F6N3O2/c26-24(27,28)19-9-11-20(12-10-19)34-22(25(29,30)31)21(15-33-34)36-23(35)32-14-16-5-4-8-18(13-16)17-6-2-1-3-7-17/h1-13,15H,14H2,(H,32,35). The van der Waals surface area contributed by atoms with Crippen molar-refractivity contribution in [2.75, 3.05) is 0 Å². The second kappa shape index (κ2) is 9.76. The molecule has 1 heterocycles. The van der Waals surface area contributed by atoms with E-state index in [1.807, 2.05) is 42.5 Å². The first-order chi connectivity index (χ1) is 17.0. The number of hydrogen-bond acceptors (Lipinski definition) is 3. The average molecular weight is 505 g/mol. The molecular formula is C25H17F6N3O2. The topological polar surface area (TPSA) is 56.1 Å². The molecule has 0 spiro atoms. The van der Waals surface area contributed by atoms with E-state index in [9.17, 15) is 31.1 Å². The van der Waals surface area contributed by atoms with Crippen LogP contribution in [0.3, 0.4) is 0 Å². The van der Waals surface area contributed by atoms with E-state index < -0.39 is 35.5 Å². The van der Waals surface area contributed by atoms with Crippen molar-refractivity contribution in [1.82, 2.24) is 15.1 Å². The molecule has 1 amide bonds. The smallest absolute Gasteiger partial charge is 0.406 e. The molecule has 0 radical (unpaired) electrons. The maximum Gasteiger partial charge on any atom is 0.437 e. The van der Waals surface area contributed by atoms with Crippen LogP contribution in [0, 0.1) is 0 Å². The Morgan fingerprint density at radius 1 is 0.833 bits per heavy atom. The number of amides is 1. The number of carbonyl (C=O) groups excluding carboxylic acids is 1. The van der Waals surface area contributed by atoms with Crippen molar-refractivity contribution in [3.63, 3.8) is 0 Å². The van der Waals surface area contributed by atoms with Crippen LogP contribution in [-0.4, -0.2) is 15.9 Å². The molecule has 0 saturated carbocycles. The van der Waals surface area contributed by atoms with Crippen LogP contribution in [0.25, 0.3) is 16.8 Å². The van der Waals surface area contributed by atoms with Crippen LogP contribution in [0.2, 0.25) is 0 Å². The number of hydrogen-bond donors (Lipinski definition) is 1. The number of ether oxygens (including phenoxy) is 1. The Labute approximate surface area is 200 Å². The summed E-state index contributed by atoms with van der Waals surface area (Å²) in [5.41, 5.74) is -0.233. The normalized spacial score (nSPS) is 11.8. The third-order valence-corrected chi connectivity index (χ3v) is 5.12. The van der Waals surface area contributed by atoms with Gasteiger partial charge in [-0.2, -0.15) is 31.4 Å². The lowest BCUT2D eigenvalue weighted by molar-refractivity contribution is -0.144. The van der Waals surface area contributed by atoms with Crippen LogP contribution >= 0.6 is 0 Å². The highest BCUT2D eigenvalue weighted by Gasteiger charge is 2.40. The van der Waals surface area contributed by atoms with Gasteiger partial charge in [0.1, 0.15) is 0 Å². The molecule has 5 nitrogen and oxygen atoms in total. The largest absolute Gasteiger partial charge is 0.437 e. The van der Waals surface area contributed by atoms with Gasteiger partial charge in [0.2, 0.25) is 0 Å². The Morgan fingerprint density at radius 2 is 1.50 bits per heavy atom. The second-order valence-electron chi connectivity index (χ2n) is 7.62. The summed E-state index contributed by atoms with van der Waals surface area (Å²) in [6, 6.07) is 19.6. The number of halogens is 6. The van der Waals surface area contributed by atoms with E-state index in [1.54, 1.807) is 12.1 Å². The lowest BCUT2D eigenvalue weighted by atomic mass is 10.0. The summed E-state index contributed by atoms with van der Waals surface area (Å²) in [4.78, 5) is 12.3. The van der Waals surface area contributed by atoms with E-state index in [1.165, 1.54) is 0 Å². The monoisotopic (exact) mass is 505 g/mol. The molecule has 0 aliphatic carbocycles. The van der Waals surface area contributed by atoms with Gasteiger partial charge in [0.15, 0.2) is 11.4 Å². The molecule has 0 atom stereocenters. The zero-order chi connectivity index (χ0) is 25.9. The van der Waals surface area contributed by atoms with E-state index in [4.69, 9.17) is 4.74 Å². The number of alkyl halides is 6. The van der Waals surface area contributed by atoms with E-state index in [2.05, 4.69) is 10.4 Å². The van der Waals surface area contributed by atoms with Crippen molar-refractivity contribution in [2.45, 2.75) is 18.9 Å². The van der Waals surface area contributed by atoms with E-state index in [0.717, 1.165) is 23.3 Å². The second-order valence-corrected chi connectivity index (χ2v) is 7.62. The summed E-state index contributed by atoms with van der Waals surface area (Å²) in [5.74, 6) is -0.891. The fourth-order valence-corrected chi connectivity index (χ4v) is 3.46. The summed E-state index contributed by atoms with van der Waals surface area (Å²) >= 11 is 0. The number of nitrogens with zero attached hydrogens (tertiary/aromatic N) is 2. The summed E-state index contributed by atoms with van der Waals surface area (Å²) in [6.07, 6.45) is -10.1. The molecule has 0 aliphatic rings. The quantitative estimate of drug-likeness (QED) is 0.302. The minimum absolute atomic E-state index is 0.0199. The molecule has 0 fully saturated rings. The van der Waals surface area contributed by atoms with E-state index >= 15 is 0 Å². The van der Waals surface area contributed by atoms with Crippen molar-refractivity contribution < 1.29 is 35.9 Å². The Balaban J connectivity index is 1.50. The van der Waals surface area contributed by atoms with Crippen molar-refractivity contribution >= 4 is 6.09 Å². The summed E-state index contributed by atoms with van der Waals surface area (Å²) in [7, 11) is 0. The third-order valence-electron chi connectivity index (χ3n) is 5.12. The molecular weight excluding hydrogens is 488 g/mol. The molecule has 36 heavy (non-hydrogen) atoms. The van der Waals surface area contributed by atoms with E-state index in [0.29, 0.717) is 28.6 Å². The average Bonchev–Trinajstić information content (AvgIpc) is 3.27. The maximum absolute atomic E-state index is 13.8. The molecule has 0 saturated heterocycles. The van der Waals surface area contributed by atoms with Gasteiger partial charge in [-0.05, 0) is 47.0 Å². The molecule has 11 heteroatoms. The van der Waals surface area contributed by atoms with Crippen molar-refractivity contribution in [3.05, 3.63) is 102 Å². The molecule has 186 valence electrons. The fourth-order valence-electron chi connectivity index (χ4n) is 3.46. The first-order valence-corrected chi connectivity index (χ1v) is 10.5.